The van der Waals surface area contributed by atoms with Crippen LogP contribution in [0.15, 0.2) is 93.9 Å². The molecule has 3 aromatic carbocycles. The van der Waals surface area contributed by atoms with E-state index in [4.69, 9.17) is 9.88 Å². The summed E-state index contributed by atoms with van der Waals surface area (Å²) >= 11 is 2.38. The van der Waals surface area contributed by atoms with Crippen molar-refractivity contribution in [3.63, 3.8) is 0 Å². The molecule has 0 bridgehead atoms. The third-order valence-corrected chi connectivity index (χ3v) is 7.22. The van der Waals surface area contributed by atoms with Gasteiger partial charge >= 0.3 is 5.97 Å². The number of hydrogen-bond donors (Lipinski definition) is 2. The van der Waals surface area contributed by atoms with E-state index < -0.39 is 5.97 Å². The number of nitrogens with two attached hydrogens (primary N) is 1. The number of benzene rings is 3. The van der Waals surface area contributed by atoms with Crippen LogP contribution in [0.3, 0.4) is 0 Å². The van der Waals surface area contributed by atoms with Crippen LogP contribution < -0.4 is 10.7 Å². The van der Waals surface area contributed by atoms with Crippen molar-refractivity contribution in [2.45, 2.75) is 18.2 Å². The van der Waals surface area contributed by atoms with Gasteiger partial charge in [-0.15, -0.1) is 11.3 Å². The van der Waals surface area contributed by atoms with Crippen LogP contribution in [-0.4, -0.2) is 27.3 Å². The van der Waals surface area contributed by atoms with Crippen LogP contribution in [0.4, 0.5) is 0 Å². The zero-order chi connectivity index (χ0) is 25.8. The molecule has 0 saturated heterocycles. The molecule has 0 amide bonds. The lowest BCUT2D eigenvalue weighted by Gasteiger charge is -2.07. The highest BCUT2D eigenvalue weighted by Crippen LogP contribution is 2.29. The Morgan fingerprint density at radius 2 is 1.76 bits per heavy atom. The van der Waals surface area contributed by atoms with E-state index in [2.05, 4.69) is 28.3 Å². The second kappa shape index (κ2) is 11.0. The van der Waals surface area contributed by atoms with E-state index in [0.29, 0.717) is 22.8 Å². The molecule has 0 fully saturated rings. The maximum Gasteiger partial charge on any atom is 0.357 e. The van der Waals surface area contributed by atoms with Crippen molar-refractivity contribution < 1.29 is 9.53 Å². The maximum absolute atomic E-state index is 13.7. The molecule has 0 radical (unpaired) electrons. The largest absolute Gasteiger partial charge is 0.461 e. The molecule has 37 heavy (non-hydrogen) atoms. The summed E-state index contributed by atoms with van der Waals surface area (Å²) in [6.07, 6.45) is 0.416. The van der Waals surface area contributed by atoms with Gasteiger partial charge in [-0.1, -0.05) is 60.7 Å². The summed E-state index contributed by atoms with van der Waals surface area (Å²) in [5.41, 5.74) is 5.24. The van der Waals surface area contributed by atoms with Gasteiger partial charge in [-0.05, 0) is 53.8 Å². The van der Waals surface area contributed by atoms with Crippen molar-refractivity contribution in [3.05, 3.63) is 111 Å². The molecule has 5 rings (SSSR count). The van der Waals surface area contributed by atoms with Crippen molar-refractivity contribution >= 4 is 29.3 Å². The van der Waals surface area contributed by atoms with E-state index in [1.54, 1.807) is 12.3 Å². The summed E-state index contributed by atoms with van der Waals surface area (Å²) in [6.45, 7) is 1.99. The predicted octanol–water partition coefficient (Wildman–Crippen LogP) is 5.69. The lowest BCUT2D eigenvalue weighted by molar-refractivity contribution is 0.0520. The van der Waals surface area contributed by atoms with Crippen LogP contribution >= 0.6 is 23.3 Å². The maximum atomic E-state index is 13.7. The number of esters is 1. The summed E-state index contributed by atoms with van der Waals surface area (Å²) in [6, 6.07) is 26.0. The Kier molecular flexibility index (Phi) is 7.36. The molecule has 0 aliphatic heterocycles. The van der Waals surface area contributed by atoms with Gasteiger partial charge < -0.3 is 4.74 Å². The van der Waals surface area contributed by atoms with Crippen LogP contribution in [0.25, 0.3) is 27.5 Å². The van der Waals surface area contributed by atoms with Gasteiger partial charge in [0.2, 0.25) is 5.13 Å². The number of nitrogens with zero attached hydrogens (tertiary/aromatic N) is 2. The van der Waals surface area contributed by atoms with Crippen LogP contribution in [0.2, 0.25) is 0 Å². The van der Waals surface area contributed by atoms with E-state index in [0.717, 1.165) is 27.1 Å². The lowest BCUT2D eigenvalue weighted by atomic mass is 9.98. The van der Waals surface area contributed by atoms with Crippen molar-refractivity contribution in [2.24, 2.45) is 5.14 Å². The average molecular weight is 529 g/mol. The SMILES string of the molecule is CCOC(=O)c1csc(-n2[nH]c(-c3cccc(-c4ccccc4)c3)c(Cc3ccc(SN)cc3)c2=O)n1. The third-order valence-electron chi connectivity index (χ3n) is 5.85. The molecular weight excluding hydrogens is 504 g/mol. The molecule has 0 spiro atoms. The minimum atomic E-state index is -0.515. The number of carbonyl (C=O) groups is 1. The van der Waals surface area contributed by atoms with Gasteiger partial charge in [0.25, 0.3) is 5.56 Å². The molecule has 2 aromatic heterocycles. The molecule has 186 valence electrons. The Bertz CT molecular complexity index is 1590. The first-order valence-corrected chi connectivity index (χ1v) is 13.4. The number of thiazole rings is 1. The quantitative estimate of drug-likeness (QED) is 0.198. The van der Waals surface area contributed by atoms with Crippen LogP contribution in [0.5, 0.6) is 0 Å². The van der Waals surface area contributed by atoms with Crippen molar-refractivity contribution in [1.82, 2.24) is 14.8 Å². The number of nitrogens with one attached hydrogen (secondary N) is 1. The molecule has 0 aliphatic carbocycles. The fourth-order valence-electron chi connectivity index (χ4n) is 4.05. The Morgan fingerprint density at radius 1 is 1.03 bits per heavy atom. The summed E-state index contributed by atoms with van der Waals surface area (Å²) in [7, 11) is 0. The standard InChI is InChI=1S/C28H24N4O3S2/c1-2-35-27(34)24-17-36-28(30-24)32-26(33)23(15-18-11-13-22(37-29)14-12-18)25(31-32)21-10-6-9-20(16-21)19-7-4-3-5-8-19/h3-14,16-17,31H,2,15,29H2,1H3. The van der Waals surface area contributed by atoms with Gasteiger partial charge in [0.1, 0.15) is 0 Å². The van der Waals surface area contributed by atoms with Gasteiger partial charge in [0.15, 0.2) is 5.69 Å². The molecule has 0 unspecified atom stereocenters. The van der Waals surface area contributed by atoms with E-state index in [1.165, 1.54) is 28.0 Å². The van der Waals surface area contributed by atoms with Crippen LogP contribution in [0, 0.1) is 0 Å². The van der Waals surface area contributed by atoms with Crippen molar-refractivity contribution in [2.75, 3.05) is 6.61 Å². The Balaban J connectivity index is 1.61. The summed E-state index contributed by atoms with van der Waals surface area (Å²) in [5, 5.41) is 10.9. The molecule has 0 saturated carbocycles. The fourth-order valence-corrected chi connectivity index (χ4v) is 5.09. The van der Waals surface area contributed by atoms with E-state index in [9.17, 15) is 9.59 Å². The zero-order valence-corrected chi connectivity index (χ0v) is 21.6. The summed E-state index contributed by atoms with van der Waals surface area (Å²) < 4.78 is 6.46. The molecule has 5 aromatic rings. The molecule has 0 atom stereocenters. The highest BCUT2D eigenvalue weighted by Gasteiger charge is 2.21. The first kappa shape index (κ1) is 24.8. The highest BCUT2D eigenvalue weighted by molar-refractivity contribution is 7.97. The molecule has 7 nitrogen and oxygen atoms in total. The summed E-state index contributed by atoms with van der Waals surface area (Å²) in [5.74, 6) is -0.515. The Hall–Kier alpha value is -3.92. The molecule has 2 heterocycles. The first-order valence-electron chi connectivity index (χ1n) is 11.7. The number of ether oxygens (including phenoxy) is 1. The average Bonchev–Trinajstić information content (AvgIpc) is 3.55. The van der Waals surface area contributed by atoms with E-state index >= 15 is 0 Å². The minimum Gasteiger partial charge on any atom is -0.461 e. The first-order chi connectivity index (χ1) is 18.1. The molecule has 0 aliphatic rings. The topological polar surface area (TPSA) is 103 Å². The lowest BCUT2D eigenvalue weighted by Crippen LogP contribution is -2.18. The predicted molar refractivity (Wildman–Crippen MR) is 148 cm³/mol. The molecule has 9 heteroatoms. The number of aromatic nitrogens is 3. The second-order valence-corrected chi connectivity index (χ2v) is 9.77. The number of rotatable bonds is 8. The van der Waals surface area contributed by atoms with Crippen molar-refractivity contribution in [1.29, 1.82) is 0 Å². The summed E-state index contributed by atoms with van der Waals surface area (Å²) in [4.78, 5) is 31.2. The molecule has 3 N–H and O–H groups in total. The van der Waals surface area contributed by atoms with Crippen LogP contribution in [0.1, 0.15) is 28.5 Å². The zero-order valence-electron chi connectivity index (χ0n) is 20.0. The van der Waals surface area contributed by atoms with Gasteiger partial charge in [-0.2, -0.15) is 4.68 Å². The normalized spacial score (nSPS) is 11.0. The van der Waals surface area contributed by atoms with Gasteiger partial charge in [0.05, 0.1) is 12.3 Å². The highest BCUT2D eigenvalue weighted by atomic mass is 32.2. The van der Waals surface area contributed by atoms with Gasteiger partial charge in [0, 0.05) is 27.8 Å². The Labute approximate surface area is 222 Å². The number of H-pyrrole nitrogens is 1. The van der Waals surface area contributed by atoms with Gasteiger partial charge in [-0.25, -0.2) is 9.78 Å². The van der Waals surface area contributed by atoms with E-state index in [-0.39, 0.29) is 17.9 Å². The second-order valence-electron chi connectivity index (χ2n) is 8.23. The number of aromatic amines is 1. The number of hydrogen-bond acceptors (Lipinski definition) is 7. The smallest absolute Gasteiger partial charge is 0.357 e. The Morgan fingerprint density at radius 3 is 2.49 bits per heavy atom. The molecular formula is C28H24N4O3S2. The fraction of sp³-hybridized carbons (Fsp3) is 0.107. The van der Waals surface area contributed by atoms with Crippen LogP contribution in [-0.2, 0) is 11.2 Å². The number of carbonyl (C=O) groups excluding carboxylic acids is 1. The van der Waals surface area contributed by atoms with E-state index in [1.807, 2.05) is 60.7 Å². The monoisotopic (exact) mass is 528 g/mol. The minimum absolute atomic E-state index is 0.174. The third kappa shape index (κ3) is 5.29. The van der Waals surface area contributed by atoms with Gasteiger partial charge in [-0.3, -0.25) is 15.0 Å². The van der Waals surface area contributed by atoms with Crippen molar-refractivity contribution in [3.8, 4) is 27.5 Å².